The highest BCUT2D eigenvalue weighted by atomic mass is 19.1. The van der Waals surface area contributed by atoms with E-state index in [0.717, 1.165) is 28.7 Å². The lowest BCUT2D eigenvalue weighted by atomic mass is 9.99. The highest BCUT2D eigenvalue weighted by Gasteiger charge is 2.01. The van der Waals surface area contributed by atoms with Crippen LogP contribution in [0.5, 0.6) is 0 Å². The van der Waals surface area contributed by atoms with Crippen LogP contribution in [0.1, 0.15) is 18.9 Å². The van der Waals surface area contributed by atoms with Gasteiger partial charge in [-0.25, -0.2) is 9.18 Å². The van der Waals surface area contributed by atoms with Crippen LogP contribution >= 0.6 is 0 Å². The molecule has 0 spiro atoms. The minimum atomic E-state index is -0.910. The molecule has 0 fully saturated rings. The second-order valence-corrected chi connectivity index (χ2v) is 5.04. The van der Waals surface area contributed by atoms with Crippen LogP contribution < -0.4 is 0 Å². The van der Waals surface area contributed by atoms with E-state index in [1.54, 1.807) is 12.1 Å². The minimum absolute atomic E-state index is 0.246. The van der Waals surface area contributed by atoms with Crippen molar-refractivity contribution in [2.45, 2.75) is 19.8 Å². The largest absolute Gasteiger partial charge is 0.478 e. The lowest BCUT2D eigenvalue weighted by molar-refractivity contribution is -0.131. The van der Waals surface area contributed by atoms with Crippen LogP contribution in [0.15, 0.2) is 60.2 Å². The van der Waals surface area contributed by atoms with Crippen molar-refractivity contribution in [3.63, 3.8) is 0 Å². The molecule has 1 N–H and O–H groups in total. The molecule has 0 amide bonds. The summed E-state index contributed by atoms with van der Waals surface area (Å²) in [7, 11) is 0. The monoisotopic (exact) mass is 284 g/mol. The van der Waals surface area contributed by atoms with Crippen LogP contribution in [0.25, 0.3) is 11.1 Å². The van der Waals surface area contributed by atoms with Crippen molar-refractivity contribution in [2.24, 2.45) is 0 Å². The zero-order chi connectivity index (χ0) is 15.2. The Morgan fingerprint density at radius 2 is 1.86 bits per heavy atom. The van der Waals surface area contributed by atoms with Crippen molar-refractivity contribution in [3.05, 3.63) is 71.6 Å². The first-order chi connectivity index (χ1) is 10.0. The predicted molar refractivity (Wildman–Crippen MR) is 81.5 cm³/mol. The molecular weight excluding hydrogens is 267 g/mol. The van der Waals surface area contributed by atoms with Gasteiger partial charge in [0.05, 0.1) is 0 Å². The first-order valence-corrected chi connectivity index (χ1v) is 6.79. The van der Waals surface area contributed by atoms with E-state index in [2.05, 4.69) is 6.07 Å². The van der Waals surface area contributed by atoms with Crippen molar-refractivity contribution < 1.29 is 14.3 Å². The Bertz CT molecular complexity index is 657. The summed E-state index contributed by atoms with van der Waals surface area (Å²) in [5.74, 6) is -1.16. The molecule has 2 aromatic carbocycles. The van der Waals surface area contributed by atoms with Crippen molar-refractivity contribution in [2.75, 3.05) is 0 Å². The number of rotatable bonds is 5. The first kappa shape index (κ1) is 15.0. The van der Waals surface area contributed by atoms with Gasteiger partial charge in [0.15, 0.2) is 0 Å². The fourth-order valence-corrected chi connectivity index (χ4v) is 2.17. The molecule has 0 saturated heterocycles. The summed E-state index contributed by atoms with van der Waals surface area (Å²) in [6.45, 7) is 1.82. The number of aliphatic carboxylic acids is 1. The lowest BCUT2D eigenvalue weighted by Crippen LogP contribution is -1.92. The topological polar surface area (TPSA) is 37.3 Å². The quantitative estimate of drug-likeness (QED) is 0.823. The molecule has 0 saturated carbocycles. The van der Waals surface area contributed by atoms with Gasteiger partial charge in [-0.15, -0.1) is 0 Å². The molecular formula is C18H17FO2. The van der Waals surface area contributed by atoms with Gasteiger partial charge in [-0.1, -0.05) is 42.0 Å². The maximum Gasteiger partial charge on any atom is 0.328 e. The molecule has 0 atom stereocenters. The summed E-state index contributed by atoms with van der Waals surface area (Å²) in [6.07, 6.45) is 2.73. The van der Waals surface area contributed by atoms with Gasteiger partial charge in [0.1, 0.15) is 5.82 Å². The van der Waals surface area contributed by atoms with E-state index in [9.17, 15) is 9.18 Å². The molecule has 0 heterocycles. The molecule has 0 aliphatic carbocycles. The SMILES string of the molecule is C/C(=C\C(=O)O)CCc1cccc(-c2ccc(F)cc2)c1. The van der Waals surface area contributed by atoms with Crippen molar-refractivity contribution in [3.8, 4) is 11.1 Å². The van der Waals surface area contributed by atoms with Gasteiger partial charge in [0, 0.05) is 6.08 Å². The van der Waals surface area contributed by atoms with Crippen LogP contribution in [0.2, 0.25) is 0 Å². The van der Waals surface area contributed by atoms with Crippen LogP contribution in [0, 0.1) is 5.82 Å². The summed E-state index contributed by atoms with van der Waals surface area (Å²) in [5, 5.41) is 8.69. The number of aryl methyl sites for hydroxylation is 1. The molecule has 108 valence electrons. The van der Waals surface area contributed by atoms with Crippen LogP contribution in [-0.2, 0) is 11.2 Å². The van der Waals surface area contributed by atoms with Crippen molar-refractivity contribution >= 4 is 5.97 Å². The number of benzene rings is 2. The number of hydrogen-bond donors (Lipinski definition) is 1. The highest BCUT2D eigenvalue weighted by molar-refractivity contribution is 5.80. The molecule has 0 aliphatic heterocycles. The molecule has 0 aromatic heterocycles. The molecule has 2 aromatic rings. The zero-order valence-electron chi connectivity index (χ0n) is 11.8. The van der Waals surface area contributed by atoms with E-state index in [4.69, 9.17) is 5.11 Å². The Balaban J connectivity index is 2.11. The van der Waals surface area contributed by atoms with Gasteiger partial charge in [-0.05, 0) is 48.6 Å². The van der Waals surface area contributed by atoms with Crippen LogP contribution in [-0.4, -0.2) is 11.1 Å². The van der Waals surface area contributed by atoms with Gasteiger partial charge in [-0.2, -0.15) is 0 Å². The Morgan fingerprint density at radius 1 is 1.14 bits per heavy atom. The second-order valence-electron chi connectivity index (χ2n) is 5.04. The number of carbonyl (C=O) groups is 1. The maximum absolute atomic E-state index is 12.9. The molecule has 3 heteroatoms. The second kappa shape index (κ2) is 6.84. The van der Waals surface area contributed by atoms with E-state index in [-0.39, 0.29) is 5.82 Å². The molecule has 0 bridgehead atoms. The Labute approximate surface area is 123 Å². The van der Waals surface area contributed by atoms with Crippen molar-refractivity contribution in [1.82, 2.24) is 0 Å². The van der Waals surface area contributed by atoms with E-state index in [0.29, 0.717) is 6.42 Å². The summed E-state index contributed by atoms with van der Waals surface area (Å²) in [6, 6.07) is 14.4. The summed E-state index contributed by atoms with van der Waals surface area (Å²) in [4.78, 5) is 10.6. The third-order valence-electron chi connectivity index (χ3n) is 3.28. The predicted octanol–water partition coefficient (Wildman–Crippen LogP) is 4.46. The summed E-state index contributed by atoms with van der Waals surface area (Å²) >= 11 is 0. The highest BCUT2D eigenvalue weighted by Crippen LogP contribution is 2.21. The number of carboxylic acid groups (broad SMARTS) is 1. The third kappa shape index (κ3) is 4.56. The third-order valence-corrected chi connectivity index (χ3v) is 3.28. The minimum Gasteiger partial charge on any atom is -0.478 e. The van der Waals surface area contributed by atoms with Crippen LogP contribution in [0.4, 0.5) is 4.39 Å². The average Bonchev–Trinajstić information content (AvgIpc) is 2.45. The van der Waals surface area contributed by atoms with Crippen molar-refractivity contribution in [1.29, 1.82) is 0 Å². The standard InChI is InChI=1S/C18H17FO2/c1-13(11-18(20)21)5-6-14-3-2-4-16(12-14)15-7-9-17(19)10-8-15/h2-4,7-12H,5-6H2,1H3,(H,20,21)/b13-11+. The fraction of sp³-hybridized carbons (Fsp3) is 0.167. The van der Waals surface area contributed by atoms with Crippen LogP contribution in [0.3, 0.4) is 0 Å². The Morgan fingerprint density at radius 3 is 2.52 bits per heavy atom. The molecule has 2 rings (SSSR count). The smallest absolute Gasteiger partial charge is 0.328 e. The number of carboxylic acids is 1. The van der Waals surface area contributed by atoms with Gasteiger partial charge in [-0.3, -0.25) is 0 Å². The maximum atomic E-state index is 12.9. The number of hydrogen-bond acceptors (Lipinski definition) is 1. The van der Waals surface area contributed by atoms with E-state index < -0.39 is 5.97 Å². The first-order valence-electron chi connectivity index (χ1n) is 6.79. The van der Waals surface area contributed by atoms with Gasteiger partial charge >= 0.3 is 5.97 Å². The lowest BCUT2D eigenvalue weighted by Gasteiger charge is -2.06. The van der Waals surface area contributed by atoms with E-state index in [1.165, 1.54) is 18.2 Å². The van der Waals surface area contributed by atoms with Gasteiger partial charge in [0.2, 0.25) is 0 Å². The number of allylic oxidation sites excluding steroid dienone is 1. The van der Waals surface area contributed by atoms with Gasteiger partial charge in [0.25, 0.3) is 0 Å². The average molecular weight is 284 g/mol. The van der Waals surface area contributed by atoms with Gasteiger partial charge < -0.3 is 5.11 Å². The fourth-order valence-electron chi connectivity index (χ4n) is 2.17. The molecule has 0 unspecified atom stereocenters. The Kier molecular flexibility index (Phi) is 4.88. The summed E-state index contributed by atoms with van der Waals surface area (Å²) in [5.41, 5.74) is 3.98. The molecule has 2 nitrogen and oxygen atoms in total. The van der Waals surface area contributed by atoms with E-state index >= 15 is 0 Å². The summed E-state index contributed by atoms with van der Waals surface area (Å²) < 4.78 is 12.9. The molecule has 0 radical (unpaired) electrons. The zero-order valence-corrected chi connectivity index (χ0v) is 11.8. The molecule has 21 heavy (non-hydrogen) atoms. The molecule has 0 aliphatic rings. The Hall–Kier alpha value is -2.42. The number of halogens is 1. The normalized spacial score (nSPS) is 11.4. The van der Waals surface area contributed by atoms with E-state index in [1.807, 2.05) is 25.1 Å².